The summed E-state index contributed by atoms with van der Waals surface area (Å²) in [5.41, 5.74) is 1.27. The molecule has 0 aliphatic carbocycles. The highest BCUT2D eigenvalue weighted by Crippen LogP contribution is 2.34. The van der Waals surface area contributed by atoms with E-state index >= 15 is 0 Å². The second-order valence-electron chi connectivity index (χ2n) is 4.63. The number of anilines is 1. The molecular weight excluding hydrogens is 297 g/mol. The summed E-state index contributed by atoms with van der Waals surface area (Å²) in [5, 5.41) is 13.4. The molecule has 0 radical (unpaired) electrons. The molecule has 3 rings (SSSR count). The monoisotopic (exact) mass is 309 g/mol. The lowest BCUT2D eigenvalue weighted by Gasteiger charge is -2.14. The van der Waals surface area contributed by atoms with Crippen LogP contribution in [0.5, 0.6) is 11.5 Å². The van der Waals surface area contributed by atoms with Gasteiger partial charge in [0.15, 0.2) is 11.5 Å². The average molecular weight is 310 g/mol. The van der Waals surface area contributed by atoms with E-state index < -0.39 is 11.9 Å². The highest BCUT2D eigenvalue weighted by Gasteiger charge is 2.16. The normalized spacial score (nSPS) is 14.0. The third-order valence-electron chi connectivity index (χ3n) is 3.20. The number of rotatable bonds is 4. The first-order valence-corrected chi connectivity index (χ1v) is 6.78. The van der Waals surface area contributed by atoms with Gasteiger partial charge in [-0.2, -0.15) is 0 Å². The molecule has 1 atom stereocenters. The molecule has 0 spiro atoms. The maximum Gasteiger partial charge on any atom is 0.231 e. The fourth-order valence-corrected chi connectivity index (χ4v) is 2.31. The van der Waals surface area contributed by atoms with Gasteiger partial charge in [-0.3, -0.25) is 0 Å². The summed E-state index contributed by atoms with van der Waals surface area (Å²) in [6.45, 7) is 0.434. The predicted octanol–water partition coefficient (Wildman–Crippen LogP) is 3.35. The minimum absolute atomic E-state index is 0.193. The maximum absolute atomic E-state index is 13.0. The number of aliphatic hydroxyl groups excluding tert-OH is 1. The van der Waals surface area contributed by atoms with E-state index in [1.165, 1.54) is 18.2 Å². The molecule has 2 N–H and O–H groups in total. The van der Waals surface area contributed by atoms with E-state index in [2.05, 4.69) is 5.32 Å². The first-order chi connectivity index (χ1) is 10.1. The molecule has 1 aliphatic heterocycles. The second-order valence-corrected chi connectivity index (χ2v) is 5.04. The Kier molecular flexibility index (Phi) is 3.86. The topological polar surface area (TPSA) is 50.7 Å². The van der Waals surface area contributed by atoms with Crippen LogP contribution in [0.1, 0.15) is 11.7 Å². The molecule has 0 saturated heterocycles. The summed E-state index contributed by atoms with van der Waals surface area (Å²) in [5.74, 6) is 0.883. The van der Waals surface area contributed by atoms with Crippen LogP contribution in [0.4, 0.5) is 10.1 Å². The van der Waals surface area contributed by atoms with E-state index in [1.807, 2.05) is 0 Å². The Bertz CT molecular complexity index is 665. The Morgan fingerprint density at radius 3 is 2.81 bits per heavy atom. The number of halogens is 2. The highest BCUT2D eigenvalue weighted by atomic mass is 35.5. The fourth-order valence-electron chi connectivity index (χ4n) is 2.08. The average Bonchev–Trinajstić information content (AvgIpc) is 2.93. The molecule has 0 bridgehead atoms. The van der Waals surface area contributed by atoms with Gasteiger partial charge >= 0.3 is 0 Å². The first kappa shape index (κ1) is 14.0. The van der Waals surface area contributed by atoms with Crippen LogP contribution in [0.15, 0.2) is 36.4 Å². The smallest absolute Gasteiger partial charge is 0.231 e. The lowest BCUT2D eigenvalue weighted by molar-refractivity contribution is 0.173. The quantitative estimate of drug-likeness (QED) is 0.909. The van der Waals surface area contributed by atoms with Crippen LogP contribution in [0.3, 0.4) is 0 Å². The number of hydrogen-bond acceptors (Lipinski definition) is 4. The predicted molar refractivity (Wildman–Crippen MR) is 77.4 cm³/mol. The number of benzene rings is 2. The highest BCUT2D eigenvalue weighted by molar-refractivity contribution is 6.33. The zero-order chi connectivity index (χ0) is 14.8. The first-order valence-electron chi connectivity index (χ1n) is 6.40. The molecular formula is C15H13ClFNO3. The van der Waals surface area contributed by atoms with Crippen molar-refractivity contribution in [1.82, 2.24) is 0 Å². The van der Waals surface area contributed by atoms with Gasteiger partial charge in [0.1, 0.15) is 5.82 Å². The minimum Gasteiger partial charge on any atom is -0.454 e. The van der Waals surface area contributed by atoms with E-state index in [0.29, 0.717) is 22.7 Å². The molecule has 0 amide bonds. The molecule has 1 heterocycles. The van der Waals surface area contributed by atoms with E-state index in [0.717, 1.165) is 0 Å². The third-order valence-corrected chi connectivity index (χ3v) is 3.51. The summed E-state index contributed by atoms with van der Waals surface area (Å²) in [7, 11) is 0. The van der Waals surface area contributed by atoms with Gasteiger partial charge in [-0.1, -0.05) is 17.7 Å². The summed E-state index contributed by atoms with van der Waals surface area (Å²) in [4.78, 5) is 0. The summed E-state index contributed by atoms with van der Waals surface area (Å²) < 4.78 is 23.4. The van der Waals surface area contributed by atoms with Gasteiger partial charge in [-0.15, -0.1) is 0 Å². The number of nitrogens with one attached hydrogen (secondary N) is 1. The number of hydrogen-bond donors (Lipinski definition) is 2. The van der Waals surface area contributed by atoms with Crippen LogP contribution in [0.25, 0.3) is 0 Å². The molecule has 0 fully saturated rings. The van der Waals surface area contributed by atoms with E-state index in [9.17, 15) is 9.50 Å². The van der Waals surface area contributed by atoms with Crippen LogP contribution in [0.2, 0.25) is 5.02 Å². The van der Waals surface area contributed by atoms with Crippen molar-refractivity contribution in [2.45, 2.75) is 6.10 Å². The van der Waals surface area contributed by atoms with Gasteiger partial charge in [0, 0.05) is 6.54 Å². The standard InChI is InChI=1S/C15H13ClFNO3/c16-11-6-10(17)2-3-12(11)18-7-13(19)9-1-4-14-15(5-9)21-8-20-14/h1-6,13,18-19H,7-8H2. The van der Waals surface area contributed by atoms with Gasteiger partial charge in [0.05, 0.1) is 16.8 Å². The molecule has 2 aromatic rings. The van der Waals surface area contributed by atoms with Crippen LogP contribution in [-0.4, -0.2) is 18.4 Å². The lowest BCUT2D eigenvalue weighted by atomic mass is 10.1. The third kappa shape index (κ3) is 3.04. The summed E-state index contributed by atoms with van der Waals surface area (Å²) >= 11 is 5.92. The Hall–Kier alpha value is -1.98. The number of aliphatic hydroxyl groups is 1. The van der Waals surface area contributed by atoms with E-state index in [1.54, 1.807) is 18.2 Å². The Morgan fingerprint density at radius 1 is 1.19 bits per heavy atom. The molecule has 4 nitrogen and oxygen atoms in total. The molecule has 110 valence electrons. The van der Waals surface area contributed by atoms with Crippen molar-refractivity contribution in [3.8, 4) is 11.5 Å². The van der Waals surface area contributed by atoms with Crippen LogP contribution in [0, 0.1) is 5.82 Å². The SMILES string of the molecule is OC(CNc1ccc(F)cc1Cl)c1ccc2c(c1)OCO2. The number of fused-ring (bicyclic) bond motifs is 1. The largest absolute Gasteiger partial charge is 0.454 e. The minimum atomic E-state index is -0.749. The molecule has 6 heteroatoms. The van der Waals surface area contributed by atoms with Crippen molar-refractivity contribution in [3.63, 3.8) is 0 Å². The summed E-state index contributed by atoms with van der Waals surface area (Å²) in [6, 6.07) is 9.32. The van der Waals surface area contributed by atoms with E-state index in [4.69, 9.17) is 21.1 Å². The van der Waals surface area contributed by atoms with Gasteiger partial charge in [0.25, 0.3) is 0 Å². The van der Waals surface area contributed by atoms with Crippen molar-refractivity contribution < 1.29 is 19.0 Å². The van der Waals surface area contributed by atoms with Crippen molar-refractivity contribution >= 4 is 17.3 Å². The van der Waals surface area contributed by atoms with Gasteiger partial charge in [-0.05, 0) is 35.9 Å². The van der Waals surface area contributed by atoms with Crippen molar-refractivity contribution in [2.75, 3.05) is 18.7 Å². The maximum atomic E-state index is 13.0. The fraction of sp³-hybridized carbons (Fsp3) is 0.200. The van der Waals surface area contributed by atoms with Gasteiger partial charge < -0.3 is 19.9 Å². The van der Waals surface area contributed by atoms with E-state index in [-0.39, 0.29) is 18.4 Å². The van der Waals surface area contributed by atoms with Gasteiger partial charge in [-0.25, -0.2) is 4.39 Å². The number of ether oxygens (including phenoxy) is 2. The van der Waals surface area contributed by atoms with Gasteiger partial charge in [0.2, 0.25) is 6.79 Å². The van der Waals surface area contributed by atoms with Crippen molar-refractivity contribution in [2.24, 2.45) is 0 Å². The molecule has 1 aliphatic rings. The van der Waals surface area contributed by atoms with Crippen LogP contribution < -0.4 is 14.8 Å². The Balaban J connectivity index is 1.67. The van der Waals surface area contributed by atoms with Crippen molar-refractivity contribution in [1.29, 1.82) is 0 Å². The molecule has 0 aromatic heterocycles. The van der Waals surface area contributed by atoms with Crippen molar-refractivity contribution in [3.05, 3.63) is 52.8 Å². The molecule has 21 heavy (non-hydrogen) atoms. The van der Waals surface area contributed by atoms with Crippen LogP contribution >= 0.6 is 11.6 Å². The lowest BCUT2D eigenvalue weighted by Crippen LogP contribution is -2.12. The Labute approximate surface area is 126 Å². The molecule has 0 saturated carbocycles. The zero-order valence-electron chi connectivity index (χ0n) is 11.0. The molecule has 2 aromatic carbocycles. The Morgan fingerprint density at radius 2 is 2.00 bits per heavy atom. The second kappa shape index (κ2) is 5.79. The summed E-state index contributed by atoms with van der Waals surface area (Å²) in [6.07, 6.45) is -0.749. The zero-order valence-corrected chi connectivity index (χ0v) is 11.7. The molecule has 1 unspecified atom stereocenters. The van der Waals surface area contributed by atoms with Crippen LogP contribution in [-0.2, 0) is 0 Å².